The van der Waals surface area contributed by atoms with Gasteiger partial charge in [0.2, 0.25) is 0 Å². The number of nitrogens with one attached hydrogen (secondary N) is 3. The molecule has 4 rings (SSSR count). The monoisotopic (exact) mass is 669 g/mol. The molecule has 2 aliphatic rings. The van der Waals surface area contributed by atoms with Gasteiger partial charge in [-0.1, -0.05) is 26.2 Å². The van der Waals surface area contributed by atoms with Gasteiger partial charge in [-0.15, -0.1) is 0 Å². The Kier molecular flexibility index (Phi) is 13.9. The number of likely N-dealkylation sites (N-methyl/N-ethyl adjacent to an activating group) is 1. The summed E-state index contributed by atoms with van der Waals surface area (Å²) in [4.78, 5) is 43.3. The molecule has 1 heterocycles. The molecule has 48 heavy (non-hydrogen) atoms. The van der Waals surface area contributed by atoms with Crippen LogP contribution in [0.15, 0.2) is 42.5 Å². The number of urea groups is 2. The van der Waals surface area contributed by atoms with E-state index in [-0.39, 0.29) is 61.3 Å². The van der Waals surface area contributed by atoms with Crippen LogP contribution in [0.5, 0.6) is 5.75 Å². The normalized spacial score (nSPS) is 22.0. The lowest BCUT2D eigenvalue weighted by Crippen LogP contribution is -2.48. The second-order valence-corrected chi connectivity index (χ2v) is 13.3. The zero-order valence-electron chi connectivity index (χ0n) is 28.7. The predicted octanol–water partition coefficient (Wildman–Crippen LogP) is 6.24. The van der Waals surface area contributed by atoms with E-state index < -0.39 is 18.0 Å². The molecular weight excluding hydrogens is 617 g/mol. The van der Waals surface area contributed by atoms with Gasteiger partial charge in [0.25, 0.3) is 5.91 Å². The van der Waals surface area contributed by atoms with E-state index in [1.807, 2.05) is 13.8 Å². The summed E-state index contributed by atoms with van der Waals surface area (Å²) in [7, 11) is 1.66. The first kappa shape index (κ1) is 36.9. The van der Waals surface area contributed by atoms with Gasteiger partial charge in [-0.25, -0.2) is 14.0 Å². The number of aliphatic hydroxyl groups excluding tert-OH is 1. The average molecular weight is 670 g/mol. The molecule has 0 aromatic heterocycles. The molecule has 0 bridgehead atoms. The second-order valence-electron chi connectivity index (χ2n) is 13.3. The number of rotatable bonds is 7. The van der Waals surface area contributed by atoms with E-state index in [9.17, 15) is 23.9 Å². The largest absolute Gasteiger partial charge is 0.490 e. The van der Waals surface area contributed by atoms with Crippen molar-refractivity contribution in [2.75, 3.05) is 44.0 Å². The van der Waals surface area contributed by atoms with Crippen molar-refractivity contribution in [3.05, 3.63) is 53.8 Å². The van der Waals surface area contributed by atoms with Crippen molar-refractivity contribution in [3.63, 3.8) is 0 Å². The van der Waals surface area contributed by atoms with Crippen LogP contribution in [0.25, 0.3) is 0 Å². The van der Waals surface area contributed by atoms with Crippen molar-refractivity contribution >= 4 is 29.3 Å². The number of halogens is 1. The first-order chi connectivity index (χ1) is 23.0. The summed E-state index contributed by atoms with van der Waals surface area (Å²) >= 11 is 0. The average Bonchev–Trinajstić information content (AvgIpc) is 3.07. The summed E-state index contributed by atoms with van der Waals surface area (Å²) in [6.07, 6.45) is 7.01. The molecule has 1 fully saturated rings. The molecule has 12 heteroatoms. The van der Waals surface area contributed by atoms with Crippen LogP contribution in [0.2, 0.25) is 0 Å². The van der Waals surface area contributed by atoms with Crippen molar-refractivity contribution in [2.45, 2.75) is 96.4 Å². The van der Waals surface area contributed by atoms with E-state index in [1.54, 1.807) is 37.1 Å². The number of hydrogen-bond donors (Lipinski definition) is 4. The number of carbonyl (C=O) groups is 3. The first-order valence-corrected chi connectivity index (χ1v) is 17.2. The zero-order chi connectivity index (χ0) is 34.6. The van der Waals surface area contributed by atoms with E-state index in [4.69, 9.17) is 9.47 Å². The highest BCUT2D eigenvalue weighted by atomic mass is 19.1. The number of benzene rings is 2. The number of amides is 5. The van der Waals surface area contributed by atoms with Crippen molar-refractivity contribution in [1.82, 2.24) is 15.1 Å². The number of carbonyl (C=O) groups excluding carboxylic acids is 3. The Morgan fingerprint density at radius 1 is 1.00 bits per heavy atom. The number of hydrogen-bond acceptors (Lipinski definition) is 6. The number of aliphatic hydroxyl groups is 1. The van der Waals surface area contributed by atoms with Gasteiger partial charge in [-0.2, -0.15) is 0 Å². The lowest BCUT2D eigenvalue weighted by atomic mass is 9.96. The Labute approximate surface area is 283 Å². The topological polar surface area (TPSA) is 132 Å². The molecule has 4 atom stereocenters. The summed E-state index contributed by atoms with van der Waals surface area (Å²) in [6, 6.07) is 9.55. The highest BCUT2D eigenvalue weighted by molar-refractivity contribution is 5.99. The third kappa shape index (κ3) is 10.8. The summed E-state index contributed by atoms with van der Waals surface area (Å²) in [5.41, 5.74) is 1.22. The third-order valence-corrected chi connectivity index (χ3v) is 9.15. The van der Waals surface area contributed by atoms with Gasteiger partial charge in [0, 0.05) is 50.1 Å². The fraction of sp³-hybridized carbons (Fsp3) is 0.583. The summed E-state index contributed by atoms with van der Waals surface area (Å²) in [5.74, 6) is -0.565. The minimum atomic E-state index is -0.538. The Morgan fingerprint density at radius 3 is 2.40 bits per heavy atom. The van der Waals surface area contributed by atoms with E-state index in [0.717, 1.165) is 44.9 Å². The SMILES string of the molecule is C[C@H](CO)N1C[C@H](C)[C@@H](CN(C)C(=O)Nc2ccc(F)cc2)OCCCC[C@H](C)Oc2ccc(NC(=O)NC3CCCCC3)cc2C1=O. The van der Waals surface area contributed by atoms with Crippen LogP contribution >= 0.6 is 0 Å². The lowest BCUT2D eigenvalue weighted by Gasteiger charge is -2.35. The third-order valence-electron chi connectivity index (χ3n) is 9.15. The Hall–Kier alpha value is -3.90. The Morgan fingerprint density at radius 2 is 1.69 bits per heavy atom. The maximum absolute atomic E-state index is 14.3. The molecule has 1 aliphatic carbocycles. The molecular formula is C36H52FN5O6. The van der Waals surface area contributed by atoms with Gasteiger partial charge >= 0.3 is 12.1 Å². The molecule has 264 valence electrons. The first-order valence-electron chi connectivity index (χ1n) is 17.2. The molecule has 0 radical (unpaired) electrons. The van der Waals surface area contributed by atoms with Crippen molar-refractivity contribution in [1.29, 1.82) is 0 Å². The maximum atomic E-state index is 14.3. The number of fused-ring (bicyclic) bond motifs is 1. The molecule has 11 nitrogen and oxygen atoms in total. The Bertz CT molecular complexity index is 1350. The molecule has 5 amide bonds. The fourth-order valence-corrected chi connectivity index (χ4v) is 6.17. The van der Waals surface area contributed by atoms with Gasteiger partial charge in [0.15, 0.2) is 0 Å². The standard InChI is InChI=1S/C36H52FN5O6/c1-24-21-42(25(2)23-43)34(44)31-20-30(39-35(45)38-28-11-6-5-7-12-28)17-18-32(31)48-26(3)10-8-9-19-47-33(24)22-41(4)36(46)40-29-15-13-27(37)14-16-29/h13-18,20,24-26,28,33,43H,5-12,19,21-23H2,1-4H3,(H,40,46)(H2,38,39,45)/t24-,25+,26-,33+/m0/s1. The van der Waals surface area contributed by atoms with Crippen molar-refractivity contribution in [2.24, 2.45) is 5.92 Å². The van der Waals surface area contributed by atoms with Crippen LogP contribution in [-0.4, -0.2) is 90.5 Å². The molecule has 0 unspecified atom stereocenters. The summed E-state index contributed by atoms with van der Waals surface area (Å²) in [5, 5.41) is 18.9. The van der Waals surface area contributed by atoms with Crippen LogP contribution in [-0.2, 0) is 4.74 Å². The molecule has 0 spiro atoms. The smallest absolute Gasteiger partial charge is 0.321 e. The van der Waals surface area contributed by atoms with Crippen LogP contribution in [0, 0.1) is 11.7 Å². The lowest BCUT2D eigenvalue weighted by molar-refractivity contribution is -0.0115. The van der Waals surface area contributed by atoms with E-state index in [0.29, 0.717) is 23.7 Å². The van der Waals surface area contributed by atoms with Gasteiger partial charge in [0.1, 0.15) is 11.6 Å². The number of nitrogens with zero attached hydrogens (tertiary/aromatic N) is 2. The summed E-state index contributed by atoms with van der Waals surface area (Å²) in [6.45, 7) is 6.36. The summed E-state index contributed by atoms with van der Waals surface area (Å²) < 4.78 is 26.0. The minimum Gasteiger partial charge on any atom is -0.490 e. The van der Waals surface area contributed by atoms with Gasteiger partial charge < -0.3 is 40.3 Å². The van der Waals surface area contributed by atoms with Gasteiger partial charge in [0.05, 0.1) is 30.4 Å². The quantitative estimate of drug-likeness (QED) is 0.276. The maximum Gasteiger partial charge on any atom is 0.321 e. The molecule has 1 saturated carbocycles. The molecule has 1 aliphatic heterocycles. The molecule has 2 aromatic carbocycles. The molecule has 0 saturated heterocycles. The second kappa shape index (κ2) is 18.0. The van der Waals surface area contributed by atoms with Gasteiger partial charge in [-0.05, 0) is 88.4 Å². The molecule has 4 N–H and O–H groups in total. The molecule has 2 aromatic rings. The zero-order valence-corrected chi connectivity index (χ0v) is 28.7. The van der Waals surface area contributed by atoms with Crippen molar-refractivity contribution < 1.29 is 33.4 Å². The minimum absolute atomic E-state index is 0.132. The van der Waals surface area contributed by atoms with Crippen molar-refractivity contribution in [3.8, 4) is 5.75 Å². The fourth-order valence-electron chi connectivity index (χ4n) is 6.17. The number of anilines is 2. The van der Waals surface area contributed by atoms with E-state index in [2.05, 4.69) is 16.0 Å². The van der Waals surface area contributed by atoms with Crippen LogP contribution in [0.1, 0.15) is 82.5 Å². The van der Waals surface area contributed by atoms with Crippen LogP contribution in [0.3, 0.4) is 0 Å². The van der Waals surface area contributed by atoms with E-state index in [1.165, 1.54) is 35.6 Å². The van der Waals surface area contributed by atoms with Crippen LogP contribution in [0.4, 0.5) is 25.4 Å². The predicted molar refractivity (Wildman–Crippen MR) is 184 cm³/mol. The Balaban J connectivity index is 1.55. The highest BCUT2D eigenvalue weighted by Crippen LogP contribution is 2.29. The van der Waals surface area contributed by atoms with Gasteiger partial charge in [-0.3, -0.25) is 4.79 Å². The van der Waals surface area contributed by atoms with E-state index >= 15 is 0 Å². The highest BCUT2D eigenvalue weighted by Gasteiger charge is 2.31. The number of ether oxygens (including phenoxy) is 2. The van der Waals surface area contributed by atoms with Crippen LogP contribution < -0.4 is 20.7 Å².